The van der Waals surface area contributed by atoms with E-state index >= 15 is 0 Å². The molecule has 3 rings (SSSR count). The molecule has 0 saturated heterocycles. The highest BCUT2D eigenvalue weighted by molar-refractivity contribution is 6.33. The first-order valence-corrected chi connectivity index (χ1v) is 6.74. The first kappa shape index (κ1) is 12.9. The summed E-state index contributed by atoms with van der Waals surface area (Å²) < 4.78 is 0. The van der Waals surface area contributed by atoms with Crippen LogP contribution in [0.5, 0.6) is 0 Å². The first-order valence-electron chi connectivity index (χ1n) is 6.36. The first-order chi connectivity index (χ1) is 9.55. The summed E-state index contributed by atoms with van der Waals surface area (Å²) in [6.45, 7) is 2.15. The number of nitrogens with zero attached hydrogens (tertiary/aromatic N) is 3. The van der Waals surface area contributed by atoms with Crippen LogP contribution in [0.2, 0.25) is 5.02 Å². The zero-order chi connectivity index (χ0) is 14.3. The molecule has 0 atom stereocenters. The fraction of sp³-hybridized carbons (Fsp3) is 0.267. The van der Waals surface area contributed by atoms with E-state index in [1.54, 1.807) is 18.5 Å². The molecule has 0 bridgehead atoms. The van der Waals surface area contributed by atoms with E-state index in [2.05, 4.69) is 23.0 Å². The monoisotopic (exact) mass is 284 g/mol. The van der Waals surface area contributed by atoms with Crippen LogP contribution in [0.25, 0.3) is 11.1 Å². The molecule has 0 spiro atoms. The van der Waals surface area contributed by atoms with E-state index in [4.69, 9.17) is 17.3 Å². The van der Waals surface area contributed by atoms with Crippen molar-refractivity contribution in [1.82, 2.24) is 9.97 Å². The van der Waals surface area contributed by atoms with Gasteiger partial charge in [-0.05, 0) is 25.0 Å². The number of nitriles is 1. The van der Waals surface area contributed by atoms with Crippen molar-refractivity contribution in [3.8, 4) is 17.2 Å². The van der Waals surface area contributed by atoms with Crippen molar-refractivity contribution in [2.75, 3.05) is 5.73 Å². The molecule has 2 heterocycles. The second-order valence-corrected chi connectivity index (χ2v) is 5.75. The molecule has 0 radical (unpaired) electrons. The minimum absolute atomic E-state index is 0.0797. The Bertz CT molecular complexity index is 729. The zero-order valence-electron chi connectivity index (χ0n) is 11.0. The van der Waals surface area contributed by atoms with Crippen LogP contribution in [0.1, 0.15) is 31.0 Å². The minimum Gasteiger partial charge on any atom is -0.383 e. The molecule has 1 saturated carbocycles. The van der Waals surface area contributed by atoms with Gasteiger partial charge >= 0.3 is 0 Å². The molecule has 2 N–H and O–H groups in total. The molecule has 1 aliphatic carbocycles. The van der Waals surface area contributed by atoms with Crippen LogP contribution in [0.15, 0.2) is 24.5 Å². The molecule has 0 aromatic carbocycles. The van der Waals surface area contributed by atoms with Gasteiger partial charge in [-0.2, -0.15) is 5.26 Å². The van der Waals surface area contributed by atoms with E-state index in [1.807, 2.05) is 6.07 Å². The van der Waals surface area contributed by atoms with Crippen molar-refractivity contribution >= 4 is 17.4 Å². The lowest BCUT2D eigenvalue weighted by molar-refractivity contribution is 0.752. The van der Waals surface area contributed by atoms with Crippen LogP contribution in [-0.4, -0.2) is 9.97 Å². The van der Waals surface area contributed by atoms with E-state index < -0.39 is 0 Å². The predicted molar refractivity (Wildman–Crippen MR) is 78.2 cm³/mol. The van der Waals surface area contributed by atoms with Crippen molar-refractivity contribution in [2.24, 2.45) is 0 Å². The molecule has 0 aliphatic heterocycles. The summed E-state index contributed by atoms with van der Waals surface area (Å²) in [7, 11) is 0. The van der Waals surface area contributed by atoms with Gasteiger partial charge in [0.15, 0.2) is 0 Å². The Morgan fingerprint density at radius 1 is 1.40 bits per heavy atom. The molecular formula is C15H13ClN4. The normalized spacial score (nSPS) is 15.7. The number of rotatable bonds is 2. The van der Waals surface area contributed by atoms with E-state index in [-0.39, 0.29) is 11.2 Å². The maximum atomic E-state index is 9.33. The predicted octanol–water partition coefficient (Wildman–Crippen LogP) is 3.30. The van der Waals surface area contributed by atoms with Crippen LogP contribution >= 0.6 is 11.6 Å². The largest absolute Gasteiger partial charge is 0.383 e. The molecule has 2 aromatic rings. The van der Waals surface area contributed by atoms with Crippen molar-refractivity contribution < 1.29 is 0 Å². The van der Waals surface area contributed by atoms with Gasteiger partial charge in [0, 0.05) is 34.6 Å². The summed E-state index contributed by atoms with van der Waals surface area (Å²) in [5.41, 5.74) is 8.82. The summed E-state index contributed by atoms with van der Waals surface area (Å²) in [6.07, 6.45) is 5.40. The Balaban J connectivity index is 2.26. The summed E-state index contributed by atoms with van der Waals surface area (Å²) >= 11 is 6.19. The number of aromatic nitrogens is 2. The topological polar surface area (TPSA) is 75.6 Å². The molecule has 20 heavy (non-hydrogen) atoms. The quantitative estimate of drug-likeness (QED) is 0.918. The fourth-order valence-corrected chi connectivity index (χ4v) is 2.46. The van der Waals surface area contributed by atoms with Gasteiger partial charge in [-0.3, -0.25) is 4.98 Å². The second kappa shape index (κ2) is 4.46. The lowest BCUT2D eigenvalue weighted by atomic mass is 9.96. The standard InChI is InChI=1S/C15H13ClN4/c1-15(3-4-15)13-6-10(11(7-17)14(18)20-13)9-2-5-19-8-12(9)16/h2,5-6,8H,3-4H2,1H3,(H2,18,20). The smallest absolute Gasteiger partial charge is 0.142 e. The molecule has 0 unspecified atom stereocenters. The lowest BCUT2D eigenvalue weighted by Crippen LogP contribution is -2.08. The Labute approximate surface area is 122 Å². The van der Waals surface area contributed by atoms with Crippen LogP contribution in [0.4, 0.5) is 5.82 Å². The van der Waals surface area contributed by atoms with E-state index in [1.165, 1.54) is 0 Å². The molecular weight excluding hydrogens is 272 g/mol. The van der Waals surface area contributed by atoms with Gasteiger partial charge in [-0.15, -0.1) is 0 Å². The average Bonchev–Trinajstić information content (AvgIpc) is 3.18. The number of hydrogen-bond donors (Lipinski definition) is 1. The highest BCUT2D eigenvalue weighted by Gasteiger charge is 2.41. The third-order valence-corrected chi connectivity index (χ3v) is 4.14. The SMILES string of the molecule is CC1(c2cc(-c3ccncc3Cl)c(C#N)c(N)n2)CC1. The average molecular weight is 285 g/mol. The van der Waals surface area contributed by atoms with E-state index in [0.29, 0.717) is 10.6 Å². The summed E-state index contributed by atoms with van der Waals surface area (Å²) in [5.74, 6) is 0.265. The third-order valence-electron chi connectivity index (χ3n) is 3.84. The molecule has 1 fully saturated rings. The van der Waals surface area contributed by atoms with E-state index in [0.717, 1.165) is 29.7 Å². The molecule has 1 aliphatic rings. The van der Waals surface area contributed by atoms with Gasteiger partial charge in [0.05, 0.1) is 5.02 Å². The Morgan fingerprint density at radius 3 is 2.75 bits per heavy atom. The number of halogens is 1. The molecule has 0 amide bonds. The number of nitrogen functional groups attached to an aromatic ring is 1. The van der Waals surface area contributed by atoms with Gasteiger partial charge in [-0.1, -0.05) is 18.5 Å². The highest BCUT2D eigenvalue weighted by atomic mass is 35.5. The van der Waals surface area contributed by atoms with E-state index in [9.17, 15) is 5.26 Å². The molecule has 2 aromatic heterocycles. The van der Waals surface area contributed by atoms with Gasteiger partial charge in [0.25, 0.3) is 0 Å². The van der Waals surface area contributed by atoms with Crippen LogP contribution in [0, 0.1) is 11.3 Å². The van der Waals surface area contributed by atoms with Crippen molar-refractivity contribution in [1.29, 1.82) is 5.26 Å². The Hall–Kier alpha value is -2.12. The Kier molecular flexibility index (Phi) is 2.88. The lowest BCUT2D eigenvalue weighted by Gasteiger charge is -2.14. The van der Waals surface area contributed by atoms with Crippen molar-refractivity contribution in [3.63, 3.8) is 0 Å². The van der Waals surface area contributed by atoms with Gasteiger partial charge in [-0.25, -0.2) is 4.98 Å². The number of pyridine rings is 2. The Morgan fingerprint density at radius 2 is 2.15 bits per heavy atom. The maximum absolute atomic E-state index is 9.33. The fourth-order valence-electron chi connectivity index (χ4n) is 2.24. The minimum atomic E-state index is 0.0797. The number of anilines is 1. The van der Waals surface area contributed by atoms with Gasteiger partial charge in [0.2, 0.25) is 0 Å². The summed E-state index contributed by atoms with van der Waals surface area (Å²) in [4.78, 5) is 8.36. The van der Waals surface area contributed by atoms with Crippen LogP contribution in [-0.2, 0) is 5.41 Å². The number of hydrogen-bond acceptors (Lipinski definition) is 4. The van der Waals surface area contributed by atoms with Crippen LogP contribution in [0.3, 0.4) is 0 Å². The zero-order valence-corrected chi connectivity index (χ0v) is 11.8. The summed E-state index contributed by atoms with van der Waals surface area (Å²) in [5, 5.41) is 9.83. The van der Waals surface area contributed by atoms with Crippen molar-refractivity contribution in [2.45, 2.75) is 25.2 Å². The number of nitrogens with two attached hydrogens (primary N) is 1. The van der Waals surface area contributed by atoms with Gasteiger partial charge in [0.1, 0.15) is 17.5 Å². The highest BCUT2D eigenvalue weighted by Crippen LogP contribution is 2.48. The van der Waals surface area contributed by atoms with Crippen LogP contribution < -0.4 is 5.73 Å². The maximum Gasteiger partial charge on any atom is 0.142 e. The molecule has 5 heteroatoms. The third kappa shape index (κ3) is 2.00. The molecule has 100 valence electrons. The van der Waals surface area contributed by atoms with Gasteiger partial charge < -0.3 is 5.73 Å². The van der Waals surface area contributed by atoms with Crippen molar-refractivity contribution in [3.05, 3.63) is 40.8 Å². The summed E-state index contributed by atoms with van der Waals surface area (Å²) in [6, 6.07) is 5.84. The molecule has 4 nitrogen and oxygen atoms in total. The second-order valence-electron chi connectivity index (χ2n) is 5.34.